The number of hydrogen-bond acceptors (Lipinski definition) is 4. The minimum absolute atomic E-state index is 0.0292. The van der Waals surface area contributed by atoms with Crippen molar-refractivity contribution in [2.24, 2.45) is 0 Å². The lowest BCUT2D eigenvalue weighted by Crippen LogP contribution is -2.27. The van der Waals surface area contributed by atoms with Crippen LogP contribution in [0, 0.1) is 15.9 Å². The van der Waals surface area contributed by atoms with E-state index in [9.17, 15) is 19.3 Å². The molecule has 0 unspecified atom stereocenters. The quantitative estimate of drug-likeness (QED) is 0.648. The van der Waals surface area contributed by atoms with Crippen molar-refractivity contribution >= 4 is 17.5 Å². The minimum atomic E-state index is -1.31. The number of nitrogens with one attached hydrogen (secondary N) is 1. The lowest BCUT2D eigenvalue weighted by Gasteiger charge is -2.19. The van der Waals surface area contributed by atoms with E-state index in [2.05, 4.69) is 5.32 Å². The standard InChI is InChI=1S/C17H17FN2O4/c1-17(2,3)24-16(21)19-14-9-6-12(10-15(14)20(22)23)11-4-7-13(18)8-5-11/h4-10H,1-3H3,(H,19,21)/i4D,5D,7D,8D. The van der Waals surface area contributed by atoms with Gasteiger partial charge in [-0.15, -0.1) is 0 Å². The highest BCUT2D eigenvalue weighted by Gasteiger charge is 2.21. The van der Waals surface area contributed by atoms with Gasteiger partial charge in [0.25, 0.3) is 5.69 Å². The van der Waals surface area contributed by atoms with Gasteiger partial charge in [-0.3, -0.25) is 15.4 Å². The number of amides is 1. The van der Waals surface area contributed by atoms with Gasteiger partial charge >= 0.3 is 6.09 Å². The summed E-state index contributed by atoms with van der Waals surface area (Å²) < 4.78 is 49.6. The fourth-order valence-electron chi connectivity index (χ4n) is 1.80. The third-order valence-corrected chi connectivity index (χ3v) is 2.71. The summed E-state index contributed by atoms with van der Waals surface area (Å²) in [6, 6.07) is 0.328. The van der Waals surface area contributed by atoms with Gasteiger partial charge in [0.1, 0.15) is 17.1 Å². The molecule has 0 fully saturated rings. The predicted octanol–water partition coefficient (Wildman–Crippen LogP) is 4.75. The van der Waals surface area contributed by atoms with Crippen molar-refractivity contribution in [1.82, 2.24) is 0 Å². The van der Waals surface area contributed by atoms with Crippen molar-refractivity contribution in [1.29, 1.82) is 0 Å². The Morgan fingerprint density at radius 3 is 2.42 bits per heavy atom. The van der Waals surface area contributed by atoms with Crippen LogP contribution in [0.1, 0.15) is 26.3 Å². The summed E-state index contributed by atoms with van der Waals surface area (Å²) in [6.07, 6.45) is -0.908. The Labute approximate surface area is 144 Å². The Kier molecular flexibility index (Phi) is 3.46. The largest absolute Gasteiger partial charge is 0.444 e. The molecule has 1 N–H and O–H groups in total. The highest BCUT2D eigenvalue weighted by molar-refractivity contribution is 5.89. The van der Waals surface area contributed by atoms with Gasteiger partial charge in [0, 0.05) is 6.07 Å². The maximum atomic E-state index is 13.7. The van der Waals surface area contributed by atoms with E-state index in [-0.39, 0.29) is 16.8 Å². The van der Waals surface area contributed by atoms with Crippen molar-refractivity contribution in [2.45, 2.75) is 26.4 Å². The molecule has 0 radical (unpaired) electrons. The number of nitro benzene ring substituents is 1. The number of rotatable bonds is 3. The van der Waals surface area contributed by atoms with Crippen molar-refractivity contribution in [3.63, 3.8) is 0 Å². The average Bonchev–Trinajstić information content (AvgIpc) is 2.57. The summed E-state index contributed by atoms with van der Waals surface area (Å²) in [5.41, 5.74) is -1.87. The number of carbonyl (C=O) groups is 1. The Hall–Kier alpha value is -2.96. The topological polar surface area (TPSA) is 81.5 Å². The van der Waals surface area contributed by atoms with Gasteiger partial charge in [0.2, 0.25) is 0 Å². The second kappa shape index (κ2) is 6.66. The summed E-state index contributed by atoms with van der Waals surface area (Å²) >= 11 is 0. The monoisotopic (exact) mass is 336 g/mol. The number of nitrogens with zero attached hydrogens (tertiary/aromatic N) is 1. The van der Waals surface area contributed by atoms with E-state index in [0.717, 1.165) is 6.07 Å². The molecule has 0 saturated heterocycles. The highest BCUT2D eigenvalue weighted by Crippen LogP contribution is 2.31. The van der Waals surface area contributed by atoms with Crippen molar-refractivity contribution < 1.29 is 24.3 Å². The van der Waals surface area contributed by atoms with Crippen molar-refractivity contribution in [2.75, 3.05) is 5.32 Å². The third kappa shape index (κ3) is 4.52. The molecular formula is C17H17FN2O4. The molecule has 0 saturated carbocycles. The Morgan fingerprint density at radius 2 is 1.88 bits per heavy atom. The smallest absolute Gasteiger partial charge is 0.412 e. The lowest BCUT2D eigenvalue weighted by molar-refractivity contribution is -0.383. The maximum Gasteiger partial charge on any atom is 0.412 e. The SMILES string of the molecule is [2H]c1c([2H])c(-c2ccc(NC(=O)OC(C)(C)C)c([N+](=O)[O-])c2)c([2H])c([2H])c1F. The zero-order chi connectivity index (χ0) is 21.4. The fraction of sp³-hybridized carbons (Fsp3) is 0.235. The zero-order valence-electron chi connectivity index (χ0n) is 17.2. The average molecular weight is 336 g/mol. The highest BCUT2D eigenvalue weighted by atomic mass is 19.1. The summed E-state index contributed by atoms with van der Waals surface area (Å²) in [7, 11) is 0. The van der Waals surface area contributed by atoms with Crippen molar-refractivity contribution in [3.8, 4) is 11.1 Å². The normalized spacial score (nSPS) is 13.3. The molecule has 2 rings (SSSR count). The molecule has 0 aliphatic heterocycles. The van der Waals surface area contributed by atoms with Crippen LogP contribution in [0.5, 0.6) is 0 Å². The van der Waals surface area contributed by atoms with E-state index in [1.54, 1.807) is 20.8 Å². The molecule has 2 aromatic carbocycles. The number of benzene rings is 2. The second-order valence-corrected chi connectivity index (χ2v) is 5.80. The van der Waals surface area contributed by atoms with Crippen LogP contribution in [-0.4, -0.2) is 16.6 Å². The summed E-state index contributed by atoms with van der Waals surface area (Å²) in [5, 5.41) is 13.7. The van der Waals surface area contributed by atoms with E-state index in [1.807, 2.05) is 0 Å². The van der Waals surface area contributed by atoms with Gasteiger partial charge in [-0.05, 0) is 50.0 Å². The van der Waals surface area contributed by atoms with E-state index >= 15 is 0 Å². The van der Waals surface area contributed by atoms with Crippen LogP contribution in [0.4, 0.5) is 20.6 Å². The molecular weight excluding hydrogens is 315 g/mol. The Morgan fingerprint density at radius 1 is 1.25 bits per heavy atom. The zero-order valence-corrected chi connectivity index (χ0v) is 13.2. The number of anilines is 1. The fourth-order valence-corrected chi connectivity index (χ4v) is 1.80. The van der Waals surface area contributed by atoms with Crippen LogP contribution < -0.4 is 5.32 Å². The van der Waals surface area contributed by atoms with Gasteiger partial charge in [-0.1, -0.05) is 18.2 Å². The van der Waals surface area contributed by atoms with Crippen molar-refractivity contribution in [3.05, 3.63) is 58.3 Å². The molecule has 6 nitrogen and oxygen atoms in total. The van der Waals surface area contributed by atoms with Crippen LogP contribution in [-0.2, 0) is 4.74 Å². The van der Waals surface area contributed by atoms with Crippen LogP contribution in [0.3, 0.4) is 0 Å². The third-order valence-electron chi connectivity index (χ3n) is 2.71. The molecule has 0 heterocycles. The molecule has 0 spiro atoms. The molecule has 0 aromatic heterocycles. The van der Waals surface area contributed by atoms with Gasteiger partial charge in [-0.2, -0.15) is 0 Å². The Balaban J connectivity index is 2.56. The second-order valence-electron chi connectivity index (χ2n) is 5.80. The lowest BCUT2D eigenvalue weighted by atomic mass is 10.0. The van der Waals surface area contributed by atoms with E-state index in [4.69, 9.17) is 10.2 Å². The van der Waals surface area contributed by atoms with Gasteiger partial charge in [0.05, 0.1) is 10.4 Å². The van der Waals surface area contributed by atoms with E-state index < -0.39 is 52.3 Å². The molecule has 1 amide bonds. The van der Waals surface area contributed by atoms with E-state index in [1.165, 1.54) is 12.1 Å². The predicted molar refractivity (Wildman–Crippen MR) is 88.3 cm³/mol. The molecule has 2 aromatic rings. The number of nitro groups is 1. The number of carbonyl (C=O) groups excluding carboxylic acids is 1. The first-order valence-electron chi connectivity index (χ1n) is 8.88. The van der Waals surface area contributed by atoms with Gasteiger partial charge < -0.3 is 4.74 Å². The van der Waals surface area contributed by atoms with Crippen LogP contribution >= 0.6 is 0 Å². The molecule has 24 heavy (non-hydrogen) atoms. The first-order chi connectivity index (χ1) is 12.8. The summed E-state index contributed by atoms with van der Waals surface area (Å²) in [4.78, 5) is 22.5. The summed E-state index contributed by atoms with van der Waals surface area (Å²) in [5.74, 6) is -1.31. The first-order valence-corrected chi connectivity index (χ1v) is 6.88. The van der Waals surface area contributed by atoms with Gasteiger partial charge in [-0.25, -0.2) is 9.18 Å². The molecule has 0 aliphatic carbocycles. The van der Waals surface area contributed by atoms with Crippen LogP contribution in [0.25, 0.3) is 11.1 Å². The number of halogens is 1. The summed E-state index contributed by atoms with van der Waals surface area (Å²) in [6.45, 7) is 4.88. The number of hydrogen-bond donors (Lipinski definition) is 1. The molecule has 0 bridgehead atoms. The first kappa shape index (κ1) is 12.5. The molecule has 7 heteroatoms. The Bertz CT molecular complexity index is 948. The molecule has 0 aliphatic rings. The molecule has 0 atom stereocenters. The minimum Gasteiger partial charge on any atom is -0.444 e. The maximum absolute atomic E-state index is 13.7. The van der Waals surface area contributed by atoms with Crippen LogP contribution in [0.15, 0.2) is 42.4 Å². The van der Waals surface area contributed by atoms with Gasteiger partial charge in [0.15, 0.2) is 0 Å². The van der Waals surface area contributed by atoms with E-state index in [0.29, 0.717) is 0 Å². The van der Waals surface area contributed by atoms with Crippen LogP contribution in [0.2, 0.25) is 0 Å². The number of ether oxygens (including phenoxy) is 1. The molecule has 126 valence electrons.